The summed E-state index contributed by atoms with van der Waals surface area (Å²) in [5, 5.41) is 0. The van der Waals surface area contributed by atoms with Crippen LogP contribution >= 0.6 is 25.3 Å². The van der Waals surface area contributed by atoms with Crippen molar-refractivity contribution in [3.05, 3.63) is 0 Å². The average molecular weight is 386 g/mol. The molecular weight excluding hydrogens is 382 g/mol. The normalized spacial score (nSPS) is 23.5. The fourth-order valence-corrected chi connectivity index (χ4v) is 11.6. The molecule has 0 aliphatic heterocycles. The van der Waals surface area contributed by atoms with Crippen molar-refractivity contribution in [2.24, 2.45) is 0 Å². The van der Waals surface area contributed by atoms with Crippen molar-refractivity contribution in [3.63, 3.8) is 0 Å². The largest absolute Gasteiger partial charge is 0.605 e. The third-order valence-corrected chi connectivity index (χ3v) is 16.1. The molecule has 0 saturated heterocycles. The van der Waals surface area contributed by atoms with Gasteiger partial charge in [-0.25, -0.2) is 9.13 Å². The summed E-state index contributed by atoms with van der Waals surface area (Å²) in [7, 11) is -12.6. The Balaban J connectivity index is 4.81. The zero-order valence-electron chi connectivity index (χ0n) is 7.17. The van der Waals surface area contributed by atoms with E-state index in [-0.39, 0.29) is 0 Å². The molecular formula is H4O10P2S5. The van der Waals surface area contributed by atoms with E-state index in [0.717, 1.165) is 0 Å². The SMILES string of the molecule is O=S(OP(=O)(O)[S+]([O-])[S+]([O-])S)[S+]([O-])P(=O)(O)O. The van der Waals surface area contributed by atoms with Gasteiger partial charge in [0.2, 0.25) is 0 Å². The molecule has 0 saturated carbocycles. The van der Waals surface area contributed by atoms with Crippen LogP contribution in [0.1, 0.15) is 0 Å². The standard InChI is InChI=1S/H4O10P2S5/c1-11(2,3)15(7)14(6)10-12(4,5)16(8)17(9)13/h(H,4,5)(H,9,13)(H2,1,2,3). The fraction of sp³-hybridized carbons (Fsp3) is 0. The maximum Gasteiger partial charge on any atom is 0.605 e. The van der Waals surface area contributed by atoms with E-state index in [1.807, 2.05) is 0 Å². The van der Waals surface area contributed by atoms with Crippen LogP contribution in [0.4, 0.5) is 0 Å². The van der Waals surface area contributed by atoms with E-state index in [1.165, 1.54) is 0 Å². The summed E-state index contributed by atoms with van der Waals surface area (Å²) in [4.78, 5) is 25.5. The van der Waals surface area contributed by atoms with Crippen LogP contribution < -0.4 is 0 Å². The van der Waals surface area contributed by atoms with Crippen molar-refractivity contribution in [2.75, 3.05) is 0 Å². The minimum absolute atomic E-state index is 2.63. The van der Waals surface area contributed by atoms with Gasteiger partial charge in [-0.1, -0.05) is 0 Å². The predicted molar refractivity (Wildman–Crippen MR) is 64.5 cm³/mol. The highest BCUT2D eigenvalue weighted by atomic mass is 33.6. The van der Waals surface area contributed by atoms with Gasteiger partial charge in [-0.3, -0.25) is 14.7 Å². The number of hydrogen-bond donors (Lipinski definition) is 4. The molecule has 0 aliphatic carbocycles. The van der Waals surface area contributed by atoms with Crippen LogP contribution in [0, 0.1) is 0 Å². The van der Waals surface area contributed by atoms with Crippen LogP contribution in [-0.4, -0.2) is 32.5 Å². The van der Waals surface area contributed by atoms with E-state index in [2.05, 4.69) is 15.6 Å². The molecule has 17 heteroatoms. The van der Waals surface area contributed by atoms with Crippen LogP contribution in [0.2, 0.25) is 0 Å². The Morgan fingerprint density at radius 1 is 1.18 bits per heavy atom. The summed E-state index contributed by atoms with van der Waals surface area (Å²) in [5.74, 6) is 0. The summed E-state index contributed by atoms with van der Waals surface area (Å²) in [5.41, 5.74) is 0. The van der Waals surface area contributed by atoms with Gasteiger partial charge in [0.25, 0.3) is 19.1 Å². The lowest BCUT2D eigenvalue weighted by atomic mass is 15.8. The van der Waals surface area contributed by atoms with Gasteiger partial charge in [0.1, 0.15) is 11.7 Å². The van der Waals surface area contributed by atoms with Gasteiger partial charge in [-0.2, -0.15) is 4.21 Å². The van der Waals surface area contributed by atoms with Crippen molar-refractivity contribution in [2.45, 2.75) is 0 Å². The molecule has 0 fully saturated rings. The monoisotopic (exact) mass is 386 g/mol. The number of rotatable bonds is 6. The van der Waals surface area contributed by atoms with Gasteiger partial charge in [0.05, 0.1) is 0 Å². The van der Waals surface area contributed by atoms with E-state index < -0.39 is 52.6 Å². The Hall–Kier alpha value is 1.73. The van der Waals surface area contributed by atoms with Crippen molar-refractivity contribution >= 4 is 64.3 Å². The van der Waals surface area contributed by atoms with Crippen LogP contribution in [0.5, 0.6) is 0 Å². The summed E-state index contributed by atoms with van der Waals surface area (Å²) in [6.07, 6.45) is 0. The van der Waals surface area contributed by atoms with Gasteiger partial charge >= 0.3 is 23.7 Å². The molecule has 0 aromatic carbocycles. The molecule has 0 bridgehead atoms. The minimum atomic E-state index is -5.33. The quantitative estimate of drug-likeness (QED) is 0.186. The lowest BCUT2D eigenvalue weighted by molar-refractivity contribution is 0.391. The predicted octanol–water partition coefficient (Wildman–Crippen LogP) is -1.22. The Morgan fingerprint density at radius 2 is 1.59 bits per heavy atom. The summed E-state index contributed by atoms with van der Waals surface area (Å²) < 4.78 is 67.9. The van der Waals surface area contributed by atoms with Crippen LogP contribution in [0.3, 0.4) is 0 Å². The molecule has 0 spiro atoms. The van der Waals surface area contributed by atoms with Crippen LogP contribution in [-0.2, 0) is 52.1 Å². The van der Waals surface area contributed by atoms with E-state index >= 15 is 0 Å². The maximum absolute atomic E-state index is 11.0. The molecule has 3 N–H and O–H groups in total. The third kappa shape index (κ3) is 6.14. The maximum atomic E-state index is 11.0. The van der Waals surface area contributed by atoms with Crippen LogP contribution in [0.25, 0.3) is 0 Å². The second kappa shape index (κ2) is 6.95. The molecule has 0 aromatic rings. The van der Waals surface area contributed by atoms with E-state index in [9.17, 15) is 27.0 Å². The van der Waals surface area contributed by atoms with Crippen molar-refractivity contribution < 1.29 is 45.6 Å². The third-order valence-electron chi connectivity index (χ3n) is 0.776. The summed E-state index contributed by atoms with van der Waals surface area (Å²) >= 11 is 3.05. The first-order valence-corrected chi connectivity index (χ1v) is 13.9. The topological polar surface area (TPSA) is 190 Å². The van der Waals surface area contributed by atoms with E-state index in [1.54, 1.807) is 0 Å². The summed E-state index contributed by atoms with van der Waals surface area (Å²) in [6.45, 7) is -10.6. The molecule has 0 aliphatic rings. The highest BCUT2D eigenvalue weighted by Gasteiger charge is 2.54. The zero-order chi connectivity index (χ0) is 14.0. The molecule has 0 amide bonds. The van der Waals surface area contributed by atoms with Crippen LogP contribution in [0.15, 0.2) is 0 Å². The van der Waals surface area contributed by atoms with Gasteiger partial charge in [-0.05, 0) is 0 Å². The molecule has 17 heavy (non-hydrogen) atoms. The Morgan fingerprint density at radius 3 is 1.88 bits per heavy atom. The van der Waals surface area contributed by atoms with E-state index in [0.29, 0.717) is 0 Å². The summed E-state index contributed by atoms with van der Waals surface area (Å²) in [6, 6.07) is 0. The minimum Gasteiger partial charge on any atom is -0.594 e. The van der Waals surface area contributed by atoms with E-state index in [4.69, 9.17) is 14.7 Å². The molecule has 0 heterocycles. The second-order valence-corrected chi connectivity index (χ2v) is 17.7. The lowest BCUT2D eigenvalue weighted by Gasteiger charge is -2.12. The Labute approximate surface area is 110 Å². The van der Waals surface area contributed by atoms with Crippen molar-refractivity contribution in [1.82, 2.24) is 0 Å². The first kappa shape index (κ1) is 18.7. The molecule has 0 rings (SSSR count). The van der Waals surface area contributed by atoms with Gasteiger partial charge in [0.15, 0.2) is 9.83 Å². The first-order chi connectivity index (χ1) is 7.39. The van der Waals surface area contributed by atoms with Gasteiger partial charge < -0.3 is 13.7 Å². The molecule has 5 unspecified atom stereocenters. The number of thiol groups is 1. The van der Waals surface area contributed by atoms with Crippen molar-refractivity contribution in [1.29, 1.82) is 0 Å². The Kier molecular flexibility index (Phi) is 7.65. The van der Waals surface area contributed by atoms with Gasteiger partial charge in [-0.15, -0.1) is 3.97 Å². The van der Waals surface area contributed by atoms with Crippen molar-refractivity contribution in [3.8, 4) is 0 Å². The average Bonchev–Trinajstić information content (AvgIpc) is 2.12. The lowest BCUT2D eigenvalue weighted by Crippen LogP contribution is -2.16. The molecule has 5 atom stereocenters. The Bertz CT molecular complexity index is 371. The smallest absolute Gasteiger partial charge is 0.594 e. The second-order valence-electron chi connectivity index (χ2n) is 1.89. The molecule has 10 nitrogen and oxygen atoms in total. The molecule has 0 aromatic heterocycles. The van der Waals surface area contributed by atoms with Gasteiger partial charge in [0, 0.05) is 0 Å². The fourth-order valence-electron chi connectivity index (χ4n) is 0.288. The highest BCUT2D eigenvalue weighted by molar-refractivity contribution is 9.09. The molecule has 104 valence electrons. The first-order valence-electron chi connectivity index (χ1n) is 2.86. The highest BCUT2D eigenvalue weighted by Crippen LogP contribution is 2.56. The number of hydrogen-bond acceptors (Lipinski definition) is 8. The zero-order valence-corrected chi connectivity index (χ0v) is 13.1. The molecule has 0 radical (unpaired) electrons.